The molecule has 0 aromatic carbocycles. The van der Waals surface area contributed by atoms with Crippen LogP contribution in [0.2, 0.25) is 0 Å². The Morgan fingerprint density at radius 2 is 2.12 bits per heavy atom. The molecule has 0 heterocycles. The third kappa shape index (κ3) is 3.87. The first kappa shape index (κ1) is 15.3. The van der Waals surface area contributed by atoms with Gasteiger partial charge in [0.15, 0.2) is 0 Å². The van der Waals surface area contributed by atoms with Crippen LogP contribution in [-0.4, -0.2) is 42.1 Å². The lowest BCUT2D eigenvalue weighted by Gasteiger charge is -2.46. The monoisotopic (exact) mass is 258 g/mol. The van der Waals surface area contributed by atoms with Crippen LogP contribution in [0.3, 0.4) is 0 Å². The molecule has 2 unspecified atom stereocenters. The predicted molar refractivity (Wildman–Crippen MR) is 79.6 cm³/mol. The van der Waals surface area contributed by atoms with Crippen molar-refractivity contribution in [2.45, 2.75) is 57.5 Å². The van der Waals surface area contributed by atoms with Crippen molar-refractivity contribution < 1.29 is 0 Å². The Kier molecular flexibility index (Phi) is 6.32. The maximum Gasteiger partial charge on any atom is 0.0306 e. The topological polar surface area (TPSA) is 29.3 Å². The Balaban J connectivity index is 2.60. The van der Waals surface area contributed by atoms with Crippen molar-refractivity contribution in [2.75, 3.05) is 25.6 Å². The molecule has 0 radical (unpaired) electrons. The number of nitrogens with two attached hydrogens (primary N) is 1. The first-order valence-corrected chi connectivity index (χ1v) is 8.38. The summed E-state index contributed by atoms with van der Waals surface area (Å²) in [6.07, 6.45) is 8.97. The predicted octanol–water partition coefficient (Wildman–Crippen LogP) is 2.97. The summed E-state index contributed by atoms with van der Waals surface area (Å²) in [5, 5.41) is 0. The number of likely N-dealkylation sites (N-methyl/N-ethyl adjacent to an activating group) is 1. The lowest BCUT2D eigenvalue weighted by Crippen LogP contribution is -2.55. The van der Waals surface area contributed by atoms with E-state index in [1.807, 2.05) is 11.8 Å². The summed E-state index contributed by atoms with van der Waals surface area (Å²) in [6, 6.07) is 0.665. The summed E-state index contributed by atoms with van der Waals surface area (Å²) >= 11 is 1.95. The van der Waals surface area contributed by atoms with Gasteiger partial charge in [0.25, 0.3) is 0 Å². The van der Waals surface area contributed by atoms with E-state index in [1.54, 1.807) is 0 Å². The number of nitrogens with zero attached hydrogens (tertiary/aromatic N) is 1. The molecule has 0 aromatic rings. The summed E-state index contributed by atoms with van der Waals surface area (Å²) in [4.78, 5) is 2.56. The van der Waals surface area contributed by atoms with Crippen LogP contribution in [-0.2, 0) is 0 Å². The summed E-state index contributed by atoms with van der Waals surface area (Å²) in [5.41, 5.74) is 6.27. The van der Waals surface area contributed by atoms with Gasteiger partial charge in [0.05, 0.1) is 0 Å². The molecule has 1 aliphatic carbocycles. The van der Waals surface area contributed by atoms with Crippen molar-refractivity contribution in [1.82, 2.24) is 4.90 Å². The van der Waals surface area contributed by atoms with Crippen LogP contribution in [0.4, 0.5) is 0 Å². The van der Waals surface area contributed by atoms with Crippen molar-refractivity contribution in [3.8, 4) is 0 Å². The average molecular weight is 258 g/mol. The third-order valence-electron chi connectivity index (χ3n) is 4.62. The number of thioether (sulfide) groups is 1. The number of hydrogen-bond donors (Lipinski definition) is 1. The highest BCUT2D eigenvalue weighted by molar-refractivity contribution is 7.98. The fourth-order valence-electron chi connectivity index (χ4n) is 2.83. The first-order valence-electron chi connectivity index (χ1n) is 6.99. The minimum absolute atomic E-state index is 0.196. The zero-order valence-electron chi connectivity index (χ0n) is 12.0. The molecule has 1 fully saturated rings. The molecule has 1 aliphatic rings. The number of hydrogen-bond acceptors (Lipinski definition) is 3. The maximum atomic E-state index is 6.08. The minimum atomic E-state index is 0.196. The van der Waals surface area contributed by atoms with E-state index in [0.29, 0.717) is 6.04 Å². The molecule has 102 valence electrons. The van der Waals surface area contributed by atoms with Crippen LogP contribution in [0.15, 0.2) is 0 Å². The fraction of sp³-hybridized carbons (Fsp3) is 1.00. The smallest absolute Gasteiger partial charge is 0.0306 e. The molecule has 17 heavy (non-hydrogen) atoms. The first-order chi connectivity index (χ1) is 8.07. The second-order valence-corrected chi connectivity index (χ2v) is 6.74. The van der Waals surface area contributed by atoms with E-state index in [0.717, 1.165) is 12.5 Å². The fourth-order valence-corrected chi connectivity index (χ4v) is 3.67. The summed E-state index contributed by atoms with van der Waals surface area (Å²) in [7, 11) is 2.27. The van der Waals surface area contributed by atoms with E-state index < -0.39 is 0 Å². The van der Waals surface area contributed by atoms with E-state index in [9.17, 15) is 0 Å². The molecule has 0 amide bonds. The quantitative estimate of drug-likeness (QED) is 0.726. The largest absolute Gasteiger partial charge is 0.329 e. The van der Waals surface area contributed by atoms with Crippen LogP contribution >= 0.6 is 11.8 Å². The van der Waals surface area contributed by atoms with E-state index >= 15 is 0 Å². The maximum absolute atomic E-state index is 6.08. The van der Waals surface area contributed by atoms with Gasteiger partial charge in [-0.25, -0.2) is 0 Å². The Morgan fingerprint density at radius 3 is 2.47 bits per heavy atom. The molecule has 0 bridgehead atoms. The molecule has 3 heteroatoms. The van der Waals surface area contributed by atoms with Crippen molar-refractivity contribution >= 4 is 11.8 Å². The standard InChI is InChI=1S/C14H30N2S/c1-5-13(10-17-4)16(3)14(2,11-15)9-12-7-6-8-12/h12-13H,5-11,15H2,1-4H3. The Morgan fingerprint density at radius 1 is 1.47 bits per heavy atom. The van der Waals surface area contributed by atoms with E-state index in [2.05, 4.69) is 32.1 Å². The van der Waals surface area contributed by atoms with Gasteiger partial charge in [0, 0.05) is 23.9 Å². The second-order valence-electron chi connectivity index (χ2n) is 5.83. The molecular weight excluding hydrogens is 228 g/mol. The Labute approximate surface area is 112 Å². The van der Waals surface area contributed by atoms with Gasteiger partial charge in [-0.15, -0.1) is 0 Å². The average Bonchev–Trinajstić information content (AvgIpc) is 2.29. The van der Waals surface area contributed by atoms with Gasteiger partial charge in [0.1, 0.15) is 0 Å². The summed E-state index contributed by atoms with van der Waals surface area (Å²) < 4.78 is 0. The molecule has 0 aliphatic heterocycles. The van der Waals surface area contributed by atoms with E-state index in [1.165, 1.54) is 37.9 Å². The van der Waals surface area contributed by atoms with Gasteiger partial charge in [-0.05, 0) is 39.0 Å². The van der Waals surface area contributed by atoms with Gasteiger partial charge < -0.3 is 5.73 Å². The molecule has 0 aromatic heterocycles. The summed E-state index contributed by atoms with van der Waals surface area (Å²) in [5.74, 6) is 2.14. The summed E-state index contributed by atoms with van der Waals surface area (Å²) in [6.45, 7) is 5.43. The zero-order valence-corrected chi connectivity index (χ0v) is 12.9. The third-order valence-corrected chi connectivity index (χ3v) is 5.34. The lowest BCUT2D eigenvalue weighted by atomic mass is 9.75. The lowest BCUT2D eigenvalue weighted by molar-refractivity contribution is 0.0610. The highest BCUT2D eigenvalue weighted by atomic mass is 32.2. The minimum Gasteiger partial charge on any atom is -0.329 e. The van der Waals surface area contributed by atoms with Gasteiger partial charge in [0.2, 0.25) is 0 Å². The van der Waals surface area contributed by atoms with Crippen molar-refractivity contribution in [1.29, 1.82) is 0 Å². The van der Waals surface area contributed by atoms with Gasteiger partial charge in [-0.2, -0.15) is 11.8 Å². The highest BCUT2D eigenvalue weighted by Crippen LogP contribution is 2.36. The highest BCUT2D eigenvalue weighted by Gasteiger charge is 2.35. The van der Waals surface area contributed by atoms with Crippen molar-refractivity contribution in [2.24, 2.45) is 11.7 Å². The SMILES string of the molecule is CCC(CSC)N(C)C(C)(CN)CC1CCC1. The van der Waals surface area contributed by atoms with Gasteiger partial charge in [-0.1, -0.05) is 26.2 Å². The molecule has 0 saturated heterocycles. The zero-order chi connectivity index (χ0) is 12.9. The molecule has 1 rings (SSSR count). The van der Waals surface area contributed by atoms with Crippen LogP contribution in [0, 0.1) is 5.92 Å². The van der Waals surface area contributed by atoms with Crippen LogP contribution in [0.25, 0.3) is 0 Å². The van der Waals surface area contributed by atoms with Crippen LogP contribution in [0.1, 0.15) is 46.0 Å². The molecule has 2 N–H and O–H groups in total. The number of rotatable bonds is 8. The van der Waals surface area contributed by atoms with E-state index in [-0.39, 0.29) is 5.54 Å². The normalized spacial score (nSPS) is 22.2. The van der Waals surface area contributed by atoms with Crippen molar-refractivity contribution in [3.63, 3.8) is 0 Å². The Hall–Kier alpha value is 0.270. The van der Waals surface area contributed by atoms with Crippen LogP contribution < -0.4 is 5.73 Å². The van der Waals surface area contributed by atoms with E-state index in [4.69, 9.17) is 5.73 Å². The van der Waals surface area contributed by atoms with Crippen LogP contribution in [0.5, 0.6) is 0 Å². The van der Waals surface area contributed by atoms with Gasteiger partial charge >= 0.3 is 0 Å². The molecular formula is C14H30N2S. The second kappa shape index (κ2) is 7.01. The molecule has 2 atom stereocenters. The molecule has 2 nitrogen and oxygen atoms in total. The molecule has 0 spiro atoms. The molecule has 1 saturated carbocycles. The Bertz CT molecular complexity index is 218. The van der Waals surface area contributed by atoms with Crippen molar-refractivity contribution in [3.05, 3.63) is 0 Å². The van der Waals surface area contributed by atoms with Gasteiger partial charge in [-0.3, -0.25) is 4.90 Å².